The number of benzene rings is 2. The number of nitro groups is 1. The maximum absolute atomic E-state index is 13.9. The highest BCUT2D eigenvalue weighted by molar-refractivity contribution is 6.29. The zero-order chi connectivity index (χ0) is 29.4. The minimum absolute atomic E-state index is 0.0726. The van der Waals surface area contributed by atoms with Crippen LogP contribution < -0.4 is 9.91 Å². The molecule has 0 radical (unpaired) electrons. The van der Waals surface area contributed by atoms with Gasteiger partial charge in [0.2, 0.25) is 0 Å². The van der Waals surface area contributed by atoms with Gasteiger partial charge >= 0.3 is 11.9 Å². The van der Waals surface area contributed by atoms with Crippen molar-refractivity contribution in [1.82, 2.24) is 0 Å². The number of hydrazone groups is 1. The van der Waals surface area contributed by atoms with Gasteiger partial charge in [-0.15, -0.1) is 0 Å². The molecule has 0 bridgehead atoms. The number of carbonyl (C=O) groups excluding carboxylic acids is 3. The second-order valence-corrected chi connectivity index (χ2v) is 8.93. The smallest absolute Gasteiger partial charge is 0.355 e. The molecule has 2 aromatic rings. The molecular weight excluding hydrogens is 520 g/mol. The van der Waals surface area contributed by atoms with Crippen molar-refractivity contribution in [3.8, 4) is 6.07 Å². The predicted molar refractivity (Wildman–Crippen MR) is 142 cm³/mol. The molecule has 2 heterocycles. The van der Waals surface area contributed by atoms with Crippen molar-refractivity contribution in [3.05, 3.63) is 75.5 Å². The Morgan fingerprint density at radius 1 is 1.10 bits per heavy atom. The van der Waals surface area contributed by atoms with Crippen molar-refractivity contribution in [2.75, 3.05) is 24.1 Å². The van der Waals surface area contributed by atoms with Crippen LogP contribution in [0.5, 0.6) is 0 Å². The van der Waals surface area contributed by atoms with Crippen LogP contribution >= 0.6 is 0 Å². The lowest BCUT2D eigenvalue weighted by Crippen LogP contribution is -2.48. The summed E-state index contributed by atoms with van der Waals surface area (Å²) in [7, 11) is 2.14. The quantitative estimate of drug-likeness (QED) is 0.311. The Hall–Kier alpha value is -5.38. The molecule has 2 unspecified atom stereocenters. The second kappa shape index (κ2) is 10.4. The van der Waals surface area contributed by atoms with Crippen LogP contribution in [0.3, 0.4) is 0 Å². The average molecular weight is 545 g/mol. The van der Waals surface area contributed by atoms with Gasteiger partial charge in [0.25, 0.3) is 11.6 Å². The summed E-state index contributed by atoms with van der Waals surface area (Å²) in [5.74, 6) is -4.97. The molecule has 2 aromatic carbocycles. The maximum Gasteiger partial charge on any atom is 0.355 e. The molecule has 0 aliphatic carbocycles. The number of nitro benzene ring substituents is 1. The number of esters is 2. The van der Waals surface area contributed by atoms with Gasteiger partial charge in [-0.3, -0.25) is 25.2 Å². The monoisotopic (exact) mass is 544 g/mol. The Balaban J connectivity index is 1.93. The lowest BCUT2D eigenvalue weighted by atomic mass is 9.68. The Labute approximate surface area is 228 Å². The van der Waals surface area contributed by atoms with Gasteiger partial charge in [0, 0.05) is 17.8 Å². The van der Waals surface area contributed by atoms with E-state index in [1.165, 1.54) is 31.2 Å². The molecular formula is C27H24N6O7. The van der Waals surface area contributed by atoms with Crippen LogP contribution in [-0.4, -0.2) is 48.5 Å². The van der Waals surface area contributed by atoms with E-state index in [-0.39, 0.29) is 22.8 Å². The number of nitriles is 1. The summed E-state index contributed by atoms with van der Waals surface area (Å²) in [4.78, 5) is 51.9. The van der Waals surface area contributed by atoms with Crippen molar-refractivity contribution in [3.63, 3.8) is 0 Å². The normalized spacial score (nSPS) is 20.4. The second-order valence-electron chi connectivity index (χ2n) is 8.93. The number of non-ortho nitro benzene ring substituents is 1. The Morgan fingerprint density at radius 2 is 1.68 bits per heavy atom. The molecule has 4 rings (SSSR count). The highest BCUT2D eigenvalue weighted by Gasteiger charge is 2.65. The minimum atomic E-state index is -2.33. The number of aryl methyl sites for hydroxylation is 1. The van der Waals surface area contributed by atoms with Crippen LogP contribution in [0.1, 0.15) is 19.4 Å². The van der Waals surface area contributed by atoms with Gasteiger partial charge in [-0.25, -0.2) is 14.6 Å². The first-order valence-electron chi connectivity index (χ1n) is 12.0. The summed E-state index contributed by atoms with van der Waals surface area (Å²) in [5.41, 5.74) is -2.02. The van der Waals surface area contributed by atoms with Crippen molar-refractivity contribution < 1.29 is 28.8 Å². The maximum atomic E-state index is 13.9. The third-order valence-corrected chi connectivity index (χ3v) is 6.87. The van der Waals surface area contributed by atoms with E-state index >= 15 is 0 Å². The Kier molecular flexibility index (Phi) is 7.20. The van der Waals surface area contributed by atoms with Crippen LogP contribution in [0.2, 0.25) is 0 Å². The van der Waals surface area contributed by atoms with Gasteiger partial charge in [-0.1, -0.05) is 19.1 Å². The van der Waals surface area contributed by atoms with E-state index in [1.54, 1.807) is 24.3 Å². The molecule has 0 spiro atoms. The molecule has 1 amide bonds. The molecule has 0 saturated heterocycles. The number of nitrogens with one attached hydrogen (secondary N) is 1. The van der Waals surface area contributed by atoms with Gasteiger partial charge in [0.1, 0.15) is 17.5 Å². The van der Waals surface area contributed by atoms with Crippen LogP contribution in [0.25, 0.3) is 0 Å². The number of carbonyl (C=O) groups is 3. The molecule has 13 heteroatoms. The van der Waals surface area contributed by atoms with Crippen LogP contribution in [0.15, 0.2) is 64.9 Å². The highest BCUT2D eigenvalue weighted by atomic mass is 16.6. The molecule has 13 nitrogen and oxygen atoms in total. The SMILES string of the molecule is CCc1ccc(N2C(=N)C(C#N)(C3C(=O)N(c4ccc([N+](=O)[O-])cc4)N=C3C)C(C(=O)OC)=C2C(=O)OC)cc1. The summed E-state index contributed by atoms with van der Waals surface area (Å²) in [6, 6.07) is 13.8. The summed E-state index contributed by atoms with van der Waals surface area (Å²) in [6.07, 6.45) is 0.720. The van der Waals surface area contributed by atoms with Crippen molar-refractivity contribution in [1.29, 1.82) is 10.7 Å². The molecule has 0 saturated carbocycles. The number of ether oxygens (including phenoxy) is 2. The average Bonchev–Trinajstić information content (AvgIpc) is 3.41. The van der Waals surface area contributed by atoms with Gasteiger partial charge in [-0.05, 0) is 43.2 Å². The number of amidine groups is 1. The van der Waals surface area contributed by atoms with Gasteiger partial charge in [0.05, 0.1) is 42.2 Å². The Bertz CT molecular complexity index is 1540. The molecule has 0 aromatic heterocycles. The molecule has 1 N–H and O–H groups in total. The van der Waals surface area contributed by atoms with E-state index in [0.29, 0.717) is 0 Å². The first kappa shape index (κ1) is 27.6. The van der Waals surface area contributed by atoms with Crippen LogP contribution in [0.4, 0.5) is 17.1 Å². The third kappa shape index (κ3) is 4.06. The minimum Gasteiger partial charge on any atom is -0.466 e. The number of anilines is 2. The number of amides is 1. The fourth-order valence-electron chi connectivity index (χ4n) is 4.91. The standard InChI is InChI=1S/C27H24N6O7/c1-5-16-6-8-17(9-7-16)31-22(25(36)40-4)21(24(35)39-3)27(14-28,26(31)29)20-15(2)30-32(23(20)34)18-10-12-19(13-11-18)33(37)38/h6-13,20,29H,5H2,1-4H3. The van der Waals surface area contributed by atoms with Gasteiger partial charge in [-0.2, -0.15) is 10.4 Å². The fourth-order valence-corrected chi connectivity index (χ4v) is 4.91. The molecule has 2 atom stereocenters. The summed E-state index contributed by atoms with van der Waals surface area (Å²) >= 11 is 0. The van der Waals surface area contributed by atoms with Crippen molar-refractivity contribution in [2.45, 2.75) is 20.3 Å². The van der Waals surface area contributed by atoms with E-state index in [9.17, 15) is 35.2 Å². The van der Waals surface area contributed by atoms with Crippen LogP contribution in [0, 0.1) is 38.2 Å². The number of rotatable bonds is 7. The summed E-state index contributed by atoms with van der Waals surface area (Å²) in [6.45, 7) is 3.40. The van der Waals surface area contributed by atoms with Crippen molar-refractivity contribution >= 4 is 46.5 Å². The first-order valence-corrected chi connectivity index (χ1v) is 12.0. The van der Waals surface area contributed by atoms with Gasteiger partial charge < -0.3 is 9.47 Å². The highest BCUT2D eigenvalue weighted by Crippen LogP contribution is 2.51. The summed E-state index contributed by atoms with van der Waals surface area (Å²) in [5, 5.41) is 36.1. The van der Waals surface area contributed by atoms with Crippen LogP contribution in [-0.2, 0) is 30.3 Å². The topological polar surface area (TPSA) is 179 Å². The van der Waals surface area contributed by atoms with E-state index in [1.807, 2.05) is 13.0 Å². The first-order chi connectivity index (χ1) is 19.1. The lowest BCUT2D eigenvalue weighted by molar-refractivity contribution is -0.384. The number of hydrogen-bond acceptors (Lipinski definition) is 10. The van der Waals surface area contributed by atoms with E-state index in [2.05, 4.69) is 5.10 Å². The number of methoxy groups -OCH3 is 2. The predicted octanol–water partition coefficient (Wildman–Crippen LogP) is 3.10. The van der Waals surface area contributed by atoms with E-state index in [0.717, 1.165) is 36.1 Å². The number of hydrogen-bond donors (Lipinski definition) is 1. The zero-order valence-electron chi connectivity index (χ0n) is 22.0. The van der Waals surface area contributed by atoms with Crippen molar-refractivity contribution in [2.24, 2.45) is 16.4 Å². The summed E-state index contributed by atoms with van der Waals surface area (Å²) < 4.78 is 9.90. The molecule has 40 heavy (non-hydrogen) atoms. The molecule has 0 fully saturated rings. The molecule has 2 aliphatic rings. The molecule has 2 aliphatic heterocycles. The third-order valence-electron chi connectivity index (χ3n) is 6.87. The van der Waals surface area contributed by atoms with E-state index in [4.69, 9.17) is 9.47 Å². The number of nitrogens with zero attached hydrogens (tertiary/aromatic N) is 5. The largest absolute Gasteiger partial charge is 0.466 e. The Morgan fingerprint density at radius 3 is 2.17 bits per heavy atom. The fraction of sp³-hybridized carbons (Fsp3) is 0.259. The van der Waals surface area contributed by atoms with Gasteiger partial charge in [0.15, 0.2) is 5.41 Å². The lowest BCUT2D eigenvalue weighted by Gasteiger charge is -2.30. The molecule has 204 valence electrons. The van der Waals surface area contributed by atoms with E-state index < -0.39 is 51.2 Å². The zero-order valence-corrected chi connectivity index (χ0v) is 22.0.